The first-order chi connectivity index (χ1) is 10.7. The molecule has 22 heavy (non-hydrogen) atoms. The molecule has 1 aliphatic rings. The molecule has 0 spiro atoms. The smallest absolute Gasteiger partial charge is 0.319 e. The lowest BCUT2D eigenvalue weighted by atomic mass is 10.0. The Morgan fingerprint density at radius 3 is 2.95 bits per heavy atom. The van der Waals surface area contributed by atoms with Gasteiger partial charge in [-0.15, -0.1) is 11.8 Å². The minimum atomic E-state index is -0.203. The maximum Gasteiger partial charge on any atom is 0.319 e. The van der Waals surface area contributed by atoms with Crippen molar-refractivity contribution in [3.8, 4) is 5.75 Å². The van der Waals surface area contributed by atoms with E-state index in [-0.39, 0.29) is 12.1 Å². The molecular weight excluding hydrogens is 296 g/mol. The zero-order chi connectivity index (χ0) is 15.4. The zero-order valence-electron chi connectivity index (χ0n) is 12.3. The van der Waals surface area contributed by atoms with Crippen LogP contribution in [0.1, 0.15) is 5.56 Å². The summed E-state index contributed by atoms with van der Waals surface area (Å²) >= 11 is 1.65. The second-order valence-electron chi connectivity index (χ2n) is 5.15. The standard InChI is InChI=1S/C17H18N2O2S/c1-22-15-7-4-6-13(10-15)18-17(20)19-14-9-12-5-2-3-8-16(12)21-11-14/h2-8,10,14H,9,11H2,1H3,(H2,18,19,20)/t14-/m1/s1. The van der Waals surface area contributed by atoms with E-state index in [0.29, 0.717) is 6.61 Å². The molecule has 0 radical (unpaired) electrons. The summed E-state index contributed by atoms with van der Waals surface area (Å²) in [5.41, 5.74) is 1.92. The highest BCUT2D eigenvalue weighted by molar-refractivity contribution is 7.98. The summed E-state index contributed by atoms with van der Waals surface area (Å²) in [4.78, 5) is 13.2. The van der Waals surface area contributed by atoms with Crippen LogP contribution in [-0.4, -0.2) is 24.9 Å². The molecule has 0 fully saturated rings. The van der Waals surface area contributed by atoms with Crippen LogP contribution in [0.3, 0.4) is 0 Å². The third-order valence-electron chi connectivity index (χ3n) is 3.54. The maximum atomic E-state index is 12.1. The average Bonchev–Trinajstić information content (AvgIpc) is 2.55. The van der Waals surface area contributed by atoms with Gasteiger partial charge in [-0.1, -0.05) is 24.3 Å². The third-order valence-corrected chi connectivity index (χ3v) is 4.27. The van der Waals surface area contributed by atoms with Crippen molar-refractivity contribution >= 4 is 23.5 Å². The van der Waals surface area contributed by atoms with E-state index in [1.165, 1.54) is 0 Å². The largest absolute Gasteiger partial charge is 0.491 e. The van der Waals surface area contributed by atoms with E-state index in [9.17, 15) is 4.79 Å². The van der Waals surface area contributed by atoms with Gasteiger partial charge < -0.3 is 15.4 Å². The quantitative estimate of drug-likeness (QED) is 0.852. The summed E-state index contributed by atoms with van der Waals surface area (Å²) in [6.07, 6.45) is 2.80. The Kier molecular flexibility index (Phi) is 4.53. The molecule has 0 bridgehead atoms. The van der Waals surface area contributed by atoms with Gasteiger partial charge in [0.05, 0.1) is 6.04 Å². The van der Waals surface area contributed by atoms with Gasteiger partial charge in [0.1, 0.15) is 12.4 Å². The number of carbonyl (C=O) groups is 1. The first-order valence-electron chi connectivity index (χ1n) is 7.17. The molecule has 0 aliphatic carbocycles. The topological polar surface area (TPSA) is 50.4 Å². The molecular formula is C17H18N2O2S. The fourth-order valence-corrected chi connectivity index (χ4v) is 2.93. The third kappa shape index (κ3) is 3.54. The number of thioether (sulfide) groups is 1. The predicted molar refractivity (Wildman–Crippen MR) is 89.8 cm³/mol. The summed E-state index contributed by atoms with van der Waals surface area (Å²) in [7, 11) is 0. The van der Waals surface area contributed by atoms with Gasteiger partial charge in [0, 0.05) is 10.6 Å². The van der Waals surface area contributed by atoms with E-state index in [1.807, 2.05) is 54.8 Å². The van der Waals surface area contributed by atoms with Crippen LogP contribution in [0.4, 0.5) is 10.5 Å². The van der Waals surface area contributed by atoms with Gasteiger partial charge in [0.25, 0.3) is 0 Å². The molecule has 0 unspecified atom stereocenters. The highest BCUT2D eigenvalue weighted by atomic mass is 32.2. The normalized spacial score (nSPS) is 16.3. The lowest BCUT2D eigenvalue weighted by molar-refractivity contribution is 0.222. The number of benzene rings is 2. The number of hydrogen-bond acceptors (Lipinski definition) is 3. The first kappa shape index (κ1) is 14.8. The average molecular weight is 314 g/mol. The lowest BCUT2D eigenvalue weighted by Crippen LogP contribution is -2.44. The van der Waals surface area contributed by atoms with E-state index in [4.69, 9.17) is 4.74 Å². The van der Waals surface area contributed by atoms with E-state index in [1.54, 1.807) is 11.8 Å². The fourth-order valence-electron chi connectivity index (χ4n) is 2.47. The molecule has 114 valence electrons. The summed E-state index contributed by atoms with van der Waals surface area (Å²) in [6.45, 7) is 0.495. The van der Waals surface area contributed by atoms with Crippen molar-refractivity contribution in [2.45, 2.75) is 17.4 Å². The number of urea groups is 1. The lowest BCUT2D eigenvalue weighted by Gasteiger charge is -2.26. The number of para-hydroxylation sites is 1. The number of hydrogen-bond donors (Lipinski definition) is 2. The summed E-state index contributed by atoms with van der Waals surface area (Å²) < 4.78 is 5.68. The Labute approximate surface area is 134 Å². The molecule has 4 nitrogen and oxygen atoms in total. The van der Waals surface area contributed by atoms with Gasteiger partial charge in [-0.3, -0.25) is 0 Å². The van der Waals surface area contributed by atoms with E-state index in [2.05, 4.69) is 10.6 Å². The number of nitrogens with one attached hydrogen (secondary N) is 2. The van der Waals surface area contributed by atoms with Crippen molar-refractivity contribution in [3.63, 3.8) is 0 Å². The van der Waals surface area contributed by atoms with Crippen molar-refractivity contribution in [1.29, 1.82) is 0 Å². The first-order valence-corrected chi connectivity index (χ1v) is 8.39. The minimum absolute atomic E-state index is 0.0152. The molecule has 3 rings (SSSR count). The van der Waals surface area contributed by atoms with Crippen LogP contribution in [0.5, 0.6) is 5.75 Å². The summed E-state index contributed by atoms with van der Waals surface area (Å²) in [5, 5.41) is 5.83. The Morgan fingerprint density at radius 1 is 1.23 bits per heavy atom. The summed E-state index contributed by atoms with van der Waals surface area (Å²) in [5.74, 6) is 0.911. The predicted octanol–water partition coefficient (Wildman–Crippen LogP) is 3.53. The number of ether oxygens (including phenoxy) is 1. The molecule has 2 N–H and O–H groups in total. The molecule has 0 aromatic heterocycles. The van der Waals surface area contributed by atoms with Gasteiger partial charge in [0.2, 0.25) is 0 Å². The van der Waals surface area contributed by atoms with Crippen LogP contribution in [0.25, 0.3) is 0 Å². The van der Waals surface area contributed by atoms with Gasteiger partial charge >= 0.3 is 6.03 Å². The SMILES string of the molecule is CSc1cccc(NC(=O)N[C@H]2COc3ccccc3C2)c1. The molecule has 0 saturated carbocycles. The Balaban J connectivity index is 1.58. The van der Waals surface area contributed by atoms with Crippen molar-refractivity contribution < 1.29 is 9.53 Å². The number of amides is 2. The molecule has 1 heterocycles. The van der Waals surface area contributed by atoms with Gasteiger partial charge in [-0.2, -0.15) is 0 Å². The van der Waals surface area contributed by atoms with E-state index in [0.717, 1.165) is 28.3 Å². The van der Waals surface area contributed by atoms with Crippen molar-refractivity contribution in [3.05, 3.63) is 54.1 Å². The van der Waals surface area contributed by atoms with Crippen molar-refractivity contribution in [1.82, 2.24) is 5.32 Å². The van der Waals surface area contributed by atoms with Gasteiger partial charge in [0.15, 0.2) is 0 Å². The maximum absolute atomic E-state index is 12.1. The Morgan fingerprint density at radius 2 is 2.09 bits per heavy atom. The van der Waals surface area contributed by atoms with Gasteiger partial charge in [-0.05, 0) is 42.5 Å². The fraction of sp³-hybridized carbons (Fsp3) is 0.235. The second-order valence-corrected chi connectivity index (χ2v) is 6.03. The van der Waals surface area contributed by atoms with Crippen LogP contribution in [-0.2, 0) is 6.42 Å². The molecule has 2 aromatic carbocycles. The van der Waals surface area contributed by atoms with Crippen molar-refractivity contribution in [2.75, 3.05) is 18.2 Å². The zero-order valence-corrected chi connectivity index (χ0v) is 13.2. The highest BCUT2D eigenvalue weighted by Gasteiger charge is 2.20. The Hall–Kier alpha value is -2.14. The molecule has 0 saturated heterocycles. The van der Waals surface area contributed by atoms with Crippen LogP contribution in [0.15, 0.2) is 53.4 Å². The molecule has 1 aliphatic heterocycles. The van der Waals surface area contributed by atoms with E-state index >= 15 is 0 Å². The number of anilines is 1. The van der Waals surface area contributed by atoms with Crippen LogP contribution in [0.2, 0.25) is 0 Å². The second kappa shape index (κ2) is 6.75. The van der Waals surface area contributed by atoms with Crippen LogP contribution >= 0.6 is 11.8 Å². The number of rotatable bonds is 3. The molecule has 2 aromatic rings. The molecule has 1 atom stereocenters. The minimum Gasteiger partial charge on any atom is -0.491 e. The molecule has 5 heteroatoms. The Bertz CT molecular complexity index is 675. The van der Waals surface area contributed by atoms with Crippen molar-refractivity contribution in [2.24, 2.45) is 0 Å². The number of fused-ring (bicyclic) bond motifs is 1. The van der Waals surface area contributed by atoms with E-state index < -0.39 is 0 Å². The highest BCUT2D eigenvalue weighted by Crippen LogP contribution is 2.24. The molecule has 2 amide bonds. The summed E-state index contributed by atoms with van der Waals surface area (Å²) in [6, 6.07) is 15.5. The van der Waals surface area contributed by atoms with Crippen LogP contribution in [0, 0.1) is 0 Å². The monoisotopic (exact) mass is 314 g/mol. The van der Waals surface area contributed by atoms with Crippen LogP contribution < -0.4 is 15.4 Å². The van der Waals surface area contributed by atoms with Gasteiger partial charge in [-0.25, -0.2) is 4.79 Å². The number of carbonyl (C=O) groups excluding carboxylic acids is 1.